The molecule has 3 aromatic rings. The molecule has 0 radical (unpaired) electrons. The highest BCUT2D eigenvalue weighted by molar-refractivity contribution is 5.98. The summed E-state index contributed by atoms with van der Waals surface area (Å²) >= 11 is 0. The maximum atomic E-state index is 12.4. The Balaban J connectivity index is 1.46. The molecule has 0 aromatic heterocycles. The molecule has 3 aromatic carbocycles. The molecule has 4 rings (SSSR count). The van der Waals surface area contributed by atoms with Crippen molar-refractivity contribution in [2.75, 3.05) is 19.5 Å². The minimum absolute atomic E-state index is 0.379. The van der Waals surface area contributed by atoms with E-state index in [4.69, 9.17) is 18.9 Å². The van der Waals surface area contributed by atoms with Crippen molar-refractivity contribution < 1.29 is 23.7 Å². The molecule has 0 spiro atoms. The van der Waals surface area contributed by atoms with E-state index in [1.54, 1.807) is 12.1 Å². The van der Waals surface area contributed by atoms with Gasteiger partial charge in [-0.3, -0.25) is 0 Å². The lowest BCUT2D eigenvalue weighted by Crippen LogP contribution is -2.10. The zero-order valence-corrected chi connectivity index (χ0v) is 16.2. The number of hydrogen-bond donors (Lipinski definition) is 1. The molecule has 1 aliphatic heterocycles. The van der Waals surface area contributed by atoms with Crippen molar-refractivity contribution in [1.82, 2.24) is 0 Å². The summed E-state index contributed by atoms with van der Waals surface area (Å²) in [7, 11) is 3.03. The van der Waals surface area contributed by atoms with Gasteiger partial charge in [0.2, 0.25) is 6.23 Å². The summed E-state index contributed by atoms with van der Waals surface area (Å²) in [6.07, 6.45) is -0.603. The summed E-state index contributed by atoms with van der Waals surface area (Å²) in [6.45, 7) is 0.503. The molecule has 0 saturated heterocycles. The molecule has 0 saturated carbocycles. The lowest BCUT2D eigenvalue weighted by Gasteiger charge is -2.15. The van der Waals surface area contributed by atoms with Crippen molar-refractivity contribution in [3.63, 3.8) is 0 Å². The molecule has 0 bridgehead atoms. The summed E-state index contributed by atoms with van der Waals surface area (Å²) < 4.78 is 21.9. The van der Waals surface area contributed by atoms with E-state index in [0.717, 1.165) is 17.0 Å². The van der Waals surface area contributed by atoms with Gasteiger partial charge in [-0.2, -0.15) is 0 Å². The number of carbonyl (C=O) groups excluding carboxylic acids is 1. The fourth-order valence-electron chi connectivity index (χ4n) is 3.25. The van der Waals surface area contributed by atoms with Crippen LogP contribution in [0.5, 0.6) is 17.2 Å². The third-order valence-electron chi connectivity index (χ3n) is 4.69. The van der Waals surface area contributed by atoms with Crippen LogP contribution in [0.4, 0.5) is 5.69 Å². The molecule has 1 N–H and O–H groups in total. The number of fused-ring (bicyclic) bond motifs is 1. The van der Waals surface area contributed by atoms with E-state index in [0.29, 0.717) is 29.2 Å². The first-order valence-corrected chi connectivity index (χ1v) is 9.19. The third-order valence-corrected chi connectivity index (χ3v) is 4.69. The van der Waals surface area contributed by atoms with Crippen molar-refractivity contribution in [1.29, 1.82) is 0 Å². The first-order chi connectivity index (χ1) is 14.2. The zero-order valence-electron chi connectivity index (χ0n) is 16.2. The highest BCUT2D eigenvalue weighted by Crippen LogP contribution is 2.42. The standard InChI is InChI=1S/C23H21NO5/c1-26-19-13-12-18-20(21(19)27-2)23(25)29-22(18)24-16-8-10-17(11-9-16)28-14-15-6-4-3-5-7-15/h3-13,22,24H,14H2,1-2H3. The Hall–Kier alpha value is -3.67. The number of esters is 1. The minimum Gasteiger partial charge on any atom is -0.493 e. The maximum absolute atomic E-state index is 12.4. The monoisotopic (exact) mass is 391 g/mol. The number of hydrogen-bond acceptors (Lipinski definition) is 6. The van der Waals surface area contributed by atoms with Crippen LogP contribution in [0.15, 0.2) is 66.7 Å². The highest BCUT2D eigenvalue weighted by atomic mass is 16.6. The quantitative estimate of drug-likeness (QED) is 0.596. The number of cyclic esters (lactones) is 1. The average molecular weight is 391 g/mol. The summed E-state index contributed by atoms with van der Waals surface area (Å²) in [5.74, 6) is 1.18. The highest BCUT2D eigenvalue weighted by Gasteiger charge is 2.35. The Kier molecular flexibility index (Phi) is 5.24. The molecule has 6 nitrogen and oxygen atoms in total. The van der Waals surface area contributed by atoms with Crippen LogP contribution in [0.3, 0.4) is 0 Å². The second-order valence-electron chi connectivity index (χ2n) is 6.49. The molecule has 1 unspecified atom stereocenters. The second kappa shape index (κ2) is 8.14. The third kappa shape index (κ3) is 3.82. The van der Waals surface area contributed by atoms with Gasteiger partial charge in [0, 0.05) is 11.3 Å². The number of methoxy groups -OCH3 is 2. The predicted molar refractivity (Wildman–Crippen MR) is 109 cm³/mol. The molecule has 0 amide bonds. The van der Waals surface area contributed by atoms with Crippen molar-refractivity contribution in [3.05, 3.63) is 83.4 Å². The van der Waals surface area contributed by atoms with Crippen LogP contribution in [0.1, 0.15) is 27.7 Å². The van der Waals surface area contributed by atoms with E-state index in [1.807, 2.05) is 54.6 Å². The van der Waals surface area contributed by atoms with Crippen LogP contribution in [0.25, 0.3) is 0 Å². The number of anilines is 1. The fraction of sp³-hybridized carbons (Fsp3) is 0.174. The number of ether oxygens (including phenoxy) is 4. The molecule has 1 atom stereocenters. The topological polar surface area (TPSA) is 66.0 Å². The first-order valence-electron chi connectivity index (χ1n) is 9.19. The zero-order chi connectivity index (χ0) is 20.2. The number of carbonyl (C=O) groups is 1. The van der Waals surface area contributed by atoms with E-state index in [2.05, 4.69) is 5.32 Å². The van der Waals surface area contributed by atoms with E-state index >= 15 is 0 Å². The number of rotatable bonds is 7. The van der Waals surface area contributed by atoms with Crippen LogP contribution in [-0.4, -0.2) is 20.2 Å². The van der Waals surface area contributed by atoms with Gasteiger partial charge in [0.05, 0.1) is 14.2 Å². The Labute approximate surface area is 169 Å². The van der Waals surface area contributed by atoms with Crippen molar-refractivity contribution in [2.24, 2.45) is 0 Å². The average Bonchev–Trinajstić information content (AvgIpc) is 3.08. The molecule has 0 aliphatic carbocycles. The molecule has 6 heteroatoms. The van der Waals surface area contributed by atoms with Crippen molar-refractivity contribution >= 4 is 11.7 Å². The minimum atomic E-state index is -0.603. The molecule has 1 aliphatic rings. The number of benzene rings is 3. The van der Waals surface area contributed by atoms with Crippen LogP contribution in [0, 0.1) is 0 Å². The summed E-state index contributed by atoms with van der Waals surface area (Å²) in [5, 5.41) is 3.22. The maximum Gasteiger partial charge on any atom is 0.344 e. The van der Waals surface area contributed by atoms with Gasteiger partial charge < -0.3 is 24.3 Å². The van der Waals surface area contributed by atoms with Crippen LogP contribution in [0.2, 0.25) is 0 Å². The largest absolute Gasteiger partial charge is 0.493 e. The van der Waals surface area contributed by atoms with E-state index in [1.165, 1.54) is 14.2 Å². The molecule has 29 heavy (non-hydrogen) atoms. The van der Waals surface area contributed by atoms with Gasteiger partial charge in [-0.25, -0.2) is 4.79 Å². The van der Waals surface area contributed by atoms with Crippen molar-refractivity contribution in [3.8, 4) is 17.2 Å². The fourth-order valence-corrected chi connectivity index (χ4v) is 3.25. The van der Waals surface area contributed by atoms with Gasteiger partial charge in [0.15, 0.2) is 11.5 Å². The Morgan fingerprint density at radius 1 is 0.931 bits per heavy atom. The molecular formula is C23H21NO5. The summed E-state index contributed by atoms with van der Waals surface area (Å²) in [5.41, 5.74) is 3.00. The normalized spacial score (nSPS) is 14.7. The van der Waals surface area contributed by atoms with E-state index in [9.17, 15) is 4.79 Å². The smallest absolute Gasteiger partial charge is 0.344 e. The summed E-state index contributed by atoms with van der Waals surface area (Å²) in [4.78, 5) is 12.4. The first kappa shape index (κ1) is 18.7. The lowest BCUT2D eigenvalue weighted by molar-refractivity contribution is 0.0435. The second-order valence-corrected chi connectivity index (χ2v) is 6.49. The Bertz CT molecular complexity index is 1000. The van der Waals surface area contributed by atoms with Gasteiger partial charge in [0.25, 0.3) is 0 Å². The Morgan fingerprint density at radius 2 is 1.69 bits per heavy atom. The van der Waals surface area contributed by atoms with Gasteiger partial charge in [-0.1, -0.05) is 30.3 Å². The SMILES string of the molecule is COc1ccc2c(c1OC)C(=O)OC2Nc1ccc(OCc2ccccc2)cc1. The number of nitrogens with one attached hydrogen (secondary N) is 1. The van der Waals surface area contributed by atoms with E-state index < -0.39 is 12.2 Å². The van der Waals surface area contributed by atoms with Gasteiger partial charge in [-0.15, -0.1) is 0 Å². The molecule has 148 valence electrons. The van der Waals surface area contributed by atoms with Crippen LogP contribution in [-0.2, 0) is 11.3 Å². The van der Waals surface area contributed by atoms with Gasteiger partial charge in [0.1, 0.15) is 17.9 Å². The van der Waals surface area contributed by atoms with Gasteiger partial charge in [-0.05, 0) is 42.0 Å². The molecular weight excluding hydrogens is 370 g/mol. The van der Waals surface area contributed by atoms with Crippen molar-refractivity contribution in [2.45, 2.75) is 12.8 Å². The predicted octanol–water partition coefficient (Wildman–Crippen LogP) is 4.56. The van der Waals surface area contributed by atoms with E-state index in [-0.39, 0.29) is 0 Å². The van der Waals surface area contributed by atoms with Gasteiger partial charge >= 0.3 is 5.97 Å². The van der Waals surface area contributed by atoms with Crippen LogP contribution >= 0.6 is 0 Å². The lowest BCUT2D eigenvalue weighted by atomic mass is 10.1. The molecule has 1 heterocycles. The van der Waals surface area contributed by atoms with Crippen LogP contribution < -0.4 is 19.5 Å². The molecule has 0 fully saturated rings. The summed E-state index contributed by atoms with van der Waals surface area (Å²) in [6, 6.07) is 21.0. The Morgan fingerprint density at radius 3 is 2.38 bits per heavy atom.